The van der Waals surface area contributed by atoms with Gasteiger partial charge in [-0.2, -0.15) is 0 Å². The Morgan fingerprint density at radius 2 is 1.73 bits per heavy atom. The van der Waals surface area contributed by atoms with Gasteiger partial charge in [-0.25, -0.2) is 0 Å². The molecule has 0 saturated carbocycles. The maximum Gasteiger partial charge on any atom is 0.288 e. The molecule has 0 saturated heterocycles. The highest BCUT2D eigenvalue weighted by Crippen LogP contribution is 2.27. The first kappa shape index (κ1) is 23.7. The topological polar surface area (TPSA) is 105 Å². The van der Waals surface area contributed by atoms with Gasteiger partial charge in [0.25, 0.3) is 17.5 Å². The van der Waals surface area contributed by atoms with E-state index in [0.717, 1.165) is 11.6 Å². The summed E-state index contributed by atoms with van der Waals surface area (Å²) >= 11 is 5.82. The zero-order chi connectivity index (χ0) is 24.0. The van der Waals surface area contributed by atoms with Crippen LogP contribution in [0.25, 0.3) is 0 Å². The van der Waals surface area contributed by atoms with Gasteiger partial charge in [-0.3, -0.25) is 19.7 Å². The molecule has 0 aliphatic heterocycles. The fourth-order valence-electron chi connectivity index (χ4n) is 3.24. The fourth-order valence-corrected chi connectivity index (χ4v) is 3.43. The van der Waals surface area contributed by atoms with Crippen LogP contribution in [0, 0.1) is 10.1 Å². The monoisotopic (exact) mass is 466 g/mol. The lowest BCUT2D eigenvalue weighted by Crippen LogP contribution is -2.28. The van der Waals surface area contributed by atoms with E-state index in [1.807, 2.05) is 44.4 Å². The van der Waals surface area contributed by atoms with Crippen LogP contribution in [-0.4, -0.2) is 37.4 Å². The Hall–Kier alpha value is -3.91. The second-order valence-corrected chi connectivity index (χ2v) is 7.90. The number of nitrogens with one attached hydrogen (secondary N) is 2. The summed E-state index contributed by atoms with van der Waals surface area (Å²) < 4.78 is 0. The molecule has 0 unspecified atom stereocenters. The van der Waals surface area contributed by atoms with Crippen molar-refractivity contribution in [1.29, 1.82) is 0 Å². The second-order valence-electron chi connectivity index (χ2n) is 7.50. The van der Waals surface area contributed by atoms with Gasteiger partial charge in [0.05, 0.1) is 10.5 Å². The van der Waals surface area contributed by atoms with Crippen molar-refractivity contribution in [3.05, 3.63) is 98.6 Å². The zero-order valence-electron chi connectivity index (χ0n) is 18.2. The molecule has 8 nitrogen and oxygen atoms in total. The molecule has 9 heteroatoms. The Morgan fingerprint density at radius 3 is 2.39 bits per heavy atom. The summed E-state index contributed by atoms with van der Waals surface area (Å²) in [6.07, 6.45) is 0.690. The molecule has 33 heavy (non-hydrogen) atoms. The lowest BCUT2D eigenvalue weighted by atomic mass is 10.1. The highest BCUT2D eigenvalue weighted by atomic mass is 35.5. The zero-order valence-corrected chi connectivity index (χ0v) is 18.9. The fraction of sp³-hybridized carbons (Fsp3) is 0.167. The van der Waals surface area contributed by atoms with Gasteiger partial charge < -0.3 is 15.5 Å². The van der Waals surface area contributed by atoms with E-state index >= 15 is 0 Å². The molecule has 3 aromatic carbocycles. The van der Waals surface area contributed by atoms with E-state index in [1.54, 1.807) is 23.1 Å². The van der Waals surface area contributed by atoms with Gasteiger partial charge in [-0.1, -0.05) is 41.9 Å². The maximum absolute atomic E-state index is 12.9. The Morgan fingerprint density at radius 1 is 1.00 bits per heavy atom. The molecule has 3 rings (SSSR count). The van der Waals surface area contributed by atoms with Gasteiger partial charge in [0.1, 0.15) is 5.02 Å². The lowest BCUT2D eigenvalue weighted by Gasteiger charge is -2.18. The summed E-state index contributed by atoms with van der Waals surface area (Å²) in [5.41, 5.74) is 2.31. The molecule has 0 atom stereocenters. The third kappa shape index (κ3) is 6.08. The van der Waals surface area contributed by atoms with Crippen LogP contribution in [0.2, 0.25) is 5.02 Å². The van der Waals surface area contributed by atoms with Crippen LogP contribution in [-0.2, 0) is 6.42 Å². The summed E-state index contributed by atoms with van der Waals surface area (Å²) in [7, 11) is 3.64. The van der Waals surface area contributed by atoms with Crippen molar-refractivity contribution in [1.82, 2.24) is 5.32 Å². The van der Waals surface area contributed by atoms with E-state index in [4.69, 9.17) is 11.6 Å². The van der Waals surface area contributed by atoms with Gasteiger partial charge in [-0.05, 0) is 42.3 Å². The highest BCUT2D eigenvalue weighted by molar-refractivity contribution is 6.32. The Kier molecular flexibility index (Phi) is 7.63. The van der Waals surface area contributed by atoms with Crippen LogP contribution in [0.4, 0.5) is 17.1 Å². The first-order chi connectivity index (χ1) is 15.8. The summed E-state index contributed by atoms with van der Waals surface area (Å²) in [5.74, 6) is -0.823. The van der Waals surface area contributed by atoms with Crippen molar-refractivity contribution < 1.29 is 14.5 Å². The average molecular weight is 467 g/mol. The number of anilines is 2. The molecule has 0 radical (unpaired) electrons. The SMILES string of the molecule is CN(C)c1ccc(NC(=O)c2ccc(Cl)c([N+](=O)[O-])c2)cc1C(=O)NCCc1ccccc1. The van der Waals surface area contributed by atoms with Gasteiger partial charge in [0.2, 0.25) is 0 Å². The van der Waals surface area contributed by atoms with Crippen LogP contribution < -0.4 is 15.5 Å². The Balaban J connectivity index is 1.76. The van der Waals surface area contributed by atoms with Gasteiger partial charge in [0.15, 0.2) is 0 Å². The van der Waals surface area contributed by atoms with Crippen molar-refractivity contribution in [2.75, 3.05) is 30.9 Å². The average Bonchev–Trinajstić information content (AvgIpc) is 2.79. The number of nitro groups is 1. The molecule has 0 aliphatic rings. The number of nitrogens with zero attached hydrogens (tertiary/aromatic N) is 2. The summed E-state index contributed by atoms with van der Waals surface area (Å²) in [5, 5.41) is 16.6. The van der Waals surface area contributed by atoms with E-state index in [2.05, 4.69) is 10.6 Å². The van der Waals surface area contributed by atoms with Gasteiger partial charge in [-0.15, -0.1) is 0 Å². The predicted octanol–water partition coefficient (Wildman–Crippen LogP) is 4.54. The molecular weight excluding hydrogens is 444 g/mol. The smallest absolute Gasteiger partial charge is 0.288 e. The first-order valence-electron chi connectivity index (χ1n) is 10.1. The number of rotatable bonds is 8. The van der Waals surface area contributed by atoms with E-state index in [0.29, 0.717) is 29.9 Å². The molecule has 0 spiro atoms. The third-order valence-corrected chi connectivity index (χ3v) is 5.25. The summed E-state index contributed by atoms with van der Waals surface area (Å²) in [6.45, 7) is 0.459. The van der Waals surface area contributed by atoms with Crippen molar-refractivity contribution in [3.63, 3.8) is 0 Å². The molecule has 0 bridgehead atoms. The van der Waals surface area contributed by atoms with Crippen LogP contribution in [0.15, 0.2) is 66.7 Å². The predicted molar refractivity (Wildman–Crippen MR) is 129 cm³/mol. The largest absolute Gasteiger partial charge is 0.377 e. The Labute approximate surface area is 196 Å². The van der Waals surface area contributed by atoms with Gasteiger partial charge >= 0.3 is 0 Å². The molecule has 170 valence electrons. The molecular formula is C24H23ClN4O4. The molecule has 0 aliphatic carbocycles. The number of carbonyl (C=O) groups is 2. The van der Waals surface area contributed by atoms with Crippen LogP contribution in [0.1, 0.15) is 26.3 Å². The standard InChI is InChI=1S/C24H23ClN4O4/c1-28(2)21-11-9-18(27-23(30)17-8-10-20(25)22(14-17)29(32)33)15-19(21)24(31)26-13-12-16-6-4-3-5-7-16/h3-11,14-15H,12-13H2,1-2H3,(H,26,31)(H,27,30). The van der Waals surface area contributed by atoms with Crippen LogP contribution >= 0.6 is 11.6 Å². The maximum atomic E-state index is 12.9. The van der Waals surface area contributed by atoms with E-state index in [-0.39, 0.29) is 22.2 Å². The number of hydrogen-bond donors (Lipinski definition) is 2. The molecule has 2 amide bonds. The number of nitro benzene ring substituents is 1. The molecule has 0 heterocycles. The van der Waals surface area contributed by atoms with E-state index < -0.39 is 10.8 Å². The normalized spacial score (nSPS) is 10.4. The van der Waals surface area contributed by atoms with Crippen molar-refractivity contribution in [2.24, 2.45) is 0 Å². The number of halogens is 1. The van der Waals surface area contributed by atoms with Crippen molar-refractivity contribution in [2.45, 2.75) is 6.42 Å². The quantitative estimate of drug-likeness (QED) is 0.374. The van der Waals surface area contributed by atoms with E-state index in [9.17, 15) is 19.7 Å². The van der Waals surface area contributed by atoms with Crippen LogP contribution in [0.5, 0.6) is 0 Å². The number of amides is 2. The molecule has 0 aromatic heterocycles. The molecule has 2 N–H and O–H groups in total. The number of benzene rings is 3. The first-order valence-corrected chi connectivity index (χ1v) is 10.5. The number of hydrogen-bond acceptors (Lipinski definition) is 5. The Bertz CT molecular complexity index is 1180. The van der Waals surface area contributed by atoms with Crippen molar-refractivity contribution in [3.8, 4) is 0 Å². The van der Waals surface area contributed by atoms with Crippen LogP contribution in [0.3, 0.4) is 0 Å². The molecule has 3 aromatic rings. The van der Waals surface area contributed by atoms with Crippen molar-refractivity contribution >= 4 is 40.5 Å². The summed E-state index contributed by atoms with van der Waals surface area (Å²) in [6, 6.07) is 18.6. The summed E-state index contributed by atoms with van der Waals surface area (Å²) in [4.78, 5) is 37.8. The number of carbonyl (C=O) groups excluding carboxylic acids is 2. The highest BCUT2D eigenvalue weighted by Gasteiger charge is 2.18. The van der Waals surface area contributed by atoms with Gasteiger partial charge in [0, 0.05) is 43.6 Å². The van der Waals surface area contributed by atoms with E-state index in [1.165, 1.54) is 12.1 Å². The minimum Gasteiger partial charge on any atom is -0.377 e. The minimum absolute atomic E-state index is 0.0543. The molecule has 0 fully saturated rings. The second kappa shape index (κ2) is 10.6. The third-order valence-electron chi connectivity index (χ3n) is 4.93. The minimum atomic E-state index is -0.650. The lowest BCUT2D eigenvalue weighted by molar-refractivity contribution is -0.384.